The van der Waals surface area contributed by atoms with E-state index in [2.05, 4.69) is 10.3 Å². The minimum atomic E-state index is -0.543. The van der Waals surface area contributed by atoms with Crippen molar-refractivity contribution in [2.75, 3.05) is 25.6 Å². The highest BCUT2D eigenvalue weighted by Crippen LogP contribution is 2.27. The van der Waals surface area contributed by atoms with Crippen molar-refractivity contribution in [1.29, 1.82) is 0 Å². The van der Waals surface area contributed by atoms with E-state index in [-0.39, 0.29) is 31.4 Å². The molecule has 31 heavy (non-hydrogen) atoms. The van der Waals surface area contributed by atoms with E-state index in [1.165, 1.54) is 24.9 Å². The van der Waals surface area contributed by atoms with Crippen molar-refractivity contribution in [3.05, 3.63) is 57.0 Å². The zero-order valence-corrected chi connectivity index (χ0v) is 18.1. The number of amides is 1. The molecule has 0 aliphatic carbocycles. The van der Waals surface area contributed by atoms with Crippen LogP contribution in [0.15, 0.2) is 35.4 Å². The molecule has 162 valence electrons. The van der Waals surface area contributed by atoms with Crippen molar-refractivity contribution in [3.63, 3.8) is 0 Å². The zero-order chi connectivity index (χ0) is 22.5. The molecule has 0 aliphatic heterocycles. The lowest BCUT2D eigenvalue weighted by Crippen LogP contribution is -2.24. The molecule has 0 saturated carbocycles. The number of ether oxygens (including phenoxy) is 2. The van der Waals surface area contributed by atoms with Crippen molar-refractivity contribution in [2.24, 2.45) is 0 Å². The fourth-order valence-corrected chi connectivity index (χ4v) is 3.97. The van der Waals surface area contributed by atoms with Gasteiger partial charge in [0.1, 0.15) is 16.3 Å². The van der Waals surface area contributed by atoms with Gasteiger partial charge in [-0.1, -0.05) is 0 Å². The third-order valence-corrected chi connectivity index (χ3v) is 5.64. The van der Waals surface area contributed by atoms with Crippen molar-refractivity contribution < 1.29 is 23.9 Å². The molecule has 0 fully saturated rings. The number of carbonyl (C=O) groups is 3. The van der Waals surface area contributed by atoms with Gasteiger partial charge in [-0.2, -0.15) is 0 Å². The van der Waals surface area contributed by atoms with Gasteiger partial charge >= 0.3 is 5.97 Å². The largest absolute Gasteiger partial charge is 0.459 e. The van der Waals surface area contributed by atoms with Gasteiger partial charge in [-0.15, -0.1) is 11.3 Å². The molecule has 3 rings (SSSR count). The Balaban J connectivity index is 1.83. The Bertz CT molecular complexity index is 1200. The molecule has 3 aromatic rings. The molecule has 0 aliphatic rings. The summed E-state index contributed by atoms with van der Waals surface area (Å²) in [4.78, 5) is 53.9. The highest BCUT2D eigenvalue weighted by atomic mass is 32.1. The molecule has 0 saturated heterocycles. The number of aromatic nitrogens is 2. The third-order valence-electron chi connectivity index (χ3n) is 4.46. The third kappa shape index (κ3) is 5.04. The Kier molecular flexibility index (Phi) is 6.93. The molecule has 0 bridgehead atoms. The smallest absolute Gasteiger partial charge is 0.348 e. The summed E-state index contributed by atoms with van der Waals surface area (Å²) in [5.41, 5.74) is 1.04. The molecule has 0 unspecified atom stereocenters. The lowest BCUT2D eigenvalue weighted by molar-refractivity contribution is -0.114. The van der Waals surface area contributed by atoms with E-state index in [0.29, 0.717) is 31.9 Å². The minimum absolute atomic E-state index is 0.107. The average molecular weight is 443 g/mol. The number of thiophene rings is 1. The van der Waals surface area contributed by atoms with Crippen molar-refractivity contribution in [3.8, 4) is 0 Å². The number of nitrogens with one attached hydrogen (secondary N) is 1. The van der Waals surface area contributed by atoms with E-state index < -0.39 is 11.5 Å². The molecule has 1 aromatic carbocycles. The van der Waals surface area contributed by atoms with E-state index >= 15 is 0 Å². The van der Waals surface area contributed by atoms with Crippen LogP contribution in [0.3, 0.4) is 0 Å². The summed E-state index contributed by atoms with van der Waals surface area (Å²) >= 11 is 1.08. The predicted molar refractivity (Wildman–Crippen MR) is 116 cm³/mol. The number of Topliss-reactive ketones (excluding diaryl/α,β-unsaturated/α-hetero) is 1. The summed E-state index contributed by atoms with van der Waals surface area (Å²) in [7, 11) is 1.50. The second kappa shape index (κ2) is 9.63. The van der Waals surface area contributed by atoms with Gasteiger partial charge < -0.3 is 14.8 Å². The normalized spacial score (nSPS) is 10.8. The molecule has 10 heteroatoms. The maximum Gasteiger partial charge on any atom is 0.348 e. The summed E-state index contributed by atoms with van der Waals surface area (Å²) in [6.07, 6.45) is 1.30. The van der Waals surface area contributed by atoms with E-state index in [0.717, 1.165) is 11.3 Å². The van der Waals surface area contributed by atoms with Crippen molar-refractivity contribution in [1.82, 2.24) is 9.55 Å². The Hall–Kier alpha value is -3.37. The van der Waals surface area contributed by atoms with Crippen LogP contribution in [0.25, 0.3) is 10.2 Å². The van der Waals surface area contributed by atoms with Crippen LogP contribution in [-0.4, -0.2) is 47.5 Å². The predicted octanol–water partition coefficient (Wildman–Crippen LogP) is 2.41. The number of carbonyl (C=O) groups excluding carboxylic acids is 3. The van der Waals surface area contributed by atoms with Gasteiger partial charge in [0.15, 0.2) is 5.78 Å². The van der Waals surface area contributed by atoms with Crippen LogP contribution < -0.4 is 10.9 Å². The summed E-state index contributed by atoms with van der Waals surface area (Å²) in [5, 5.41) is 2.92. The fraction of sp³-hybridized carbons (Fsp3) is 0.286. The Labute approximate surface area is 181 Å². The molecule has 2 heterocycles. The maximum atomic E-state index is 12.9. The average Bonchev–Trinajstić information content (AvgIpc) is 3.07. The Morgan fingerprint density at radius 1 is 1.16 bits per heavy atom. The molecule has 1 amide bonds. The van der Waals surface area contributed by atoms with E-state index in [1.54, 1.807) is 31.2 Å². The maximum absolute atomic E-state index is 12.9. The number of hydrogen-bond acceptors (Lipinski definition) is 8. The summed E-state index contributed by atoms with van der Waals surface area (Å²) in [6, 6.07) is 6.38. The molecule has 9 nitrogen and oxygen atoms in total. The number of fused-ring (bicyclic) bond motifs is 1. The lowest BCUT2D eigenvalue weighted by atomic mass is 10.1. The van der Waals surface area contributed by atoms with Crippen molar-refractivity contribution >= 4 is 44.9 Å². The molecular weight excluding hydrogens is 422 g/mol. The first kappa shape index (κ1) is 22.3. The Morgan fingerprint density at radius 2 is 1.87 bits per heavy atom. The van der Waals surface area contributed by atoms with Gasteiger partial charge in [0.2, 0.25) is 5.91 Å². The second-order valence-corrected chi connectivity index (χ2v) is 7.72. The number of methoxy groups -OCH3 is 1. The summed E-state index contributed by atoms with van der Waals surface area (Å²) < 4.78 is 11.2. The van der Waals surface area contributed by atoms with Gasteiger partial charge in [0.05, 0.1) is 24.9 Å². The second-order valence-electron chi connectivity index (χ2n) is 6.72. The van der Waals surface area contributed by atoms with Gasteiger partial charge in [0, 0.05) is 25.3 Å². The number of rotatable bonds is 8. The topological polar surface area (TPSA) is 117 Å². The van der Waals surface area contributed by atoms with Crippen LogP contribution in [0.1, 0.15) is 32.5 Å². The minimum Gasteiger partial charge on any atom is -0.459 e. The van der Waals surface area contributed by atoms with Gasteiger partial charge in [-0.25, -0.2) is 9.78 Å². The standard InChI is InChI=1S/C21H21N3O6S/c1-12-17-19(31-18(12)21(28)30-9-8-29-3)22-11-24(20(17)27)10-16(26)14-4-6-15(7-5-14)23-13(2)25/h4-7,11H,8-10H2,1-3H3,(H,23,25). The number of anilines is 1. The van der Waals surface area contributed by atoms with E-state index in [1.807, 2.05) is 0 Å². The van der Waals surface area contributed by atoms with Crippen molar-refractivity contribution in [2.45, 2.75) is 20.4 Å². The van der Waals surface area contributed by atoms with Crippen LogP contribution in [0.4, 0.5) is 5.69 Å². The molecule has 0 radical (unpaired) electrons. The fourth-order valence-electron chi connectivity index (χ4n) is 2.94. The van der Waals surface area contributed by atoms with Crippen LogP contribution >= 0.6 is 11.3 Å². The van der Waals surface area contributed by atoms with Gasteiger partial charge in [-0.3, -0.25) is 19.0 Å². The number of ketones is 1. The van der Waals surface area contributed by atoms with Gasteiger partial charge in [0.25, 0.3) is 5.56 Å². The molecule has 0 spiro atoms. The number of nitrogens with zero attached hydrogens (tertiary/aromatic N) is 2. The first-order chi connectivity index (χ1) is 14.8. The van der Waals surface area contributed by atoms with Crippen LogP contribution in [-0.2, 0) is 20.8 Å². The number of benzene rings is 1. The van der Waals surface area contributed by atoms with Crippen LogP contribution in [0.2, 0.25) is 0 Å². The monoisotopic (exact) mass is 443 g/mol. The van der Waals surface area contributed by atoms with E-state index in [4.69, 9.17) is 9.47 Å². The molecule has 0 atom stereocenters. The molecule has 1 N–H and O–H groups in total. The van der Waals surface area contributed by atoms with Gasteiger partial charge in [-0.05, 0) is 36.8 Å². The number of hydrogen-bond donors (Lipinski definition) is 1. The molecular formula is C21H21N3O6S. The highest BCUT2D eigenvalue weighted by Gasteiger charge is 2.21. The summed E-state index contributed by atoms with van der Waals surface area (Å²) in [5.74, 6) is -1.04. The lowest BCUT2D eigenvalue weighted by Gasteiger charge is -2.06. The highest BCUT2D eigenvalue weighted by molar-refractivity contribution is 7.20. The quantitative estimate of drug-likeness (QED) is 0.323. The molecule has 2 aromatic heterocycles. The van der Waals surface area contributed by atoms with Crippen LogP contribution in [0, 0.1) is 6.92 Å². The number of esters is 1. The zero-order valence-electron chi connectivity index (χ0n) is 17.3. The van der Waals surface area contributed by atoms with E-state index in [9.17, 15) is 19.2 Å². The SMILES string of the molecule is COCCOC(=O)c1sc2ncn(CC(=O)c3ccc(NC(C)=O)cc3)c(=O)c2c1C. The first-order valence-electron chi connectivity index (χ1n) is 9.37. The summed E-state index contributed by atoms with van der Waals surface area (Å²) in [6.45, 7) is 3.22. The number of aryl methyl sites for hydroxylation is 1. The first-order valence-corrected chi connectivity index (χ1v) is 10.2. The Morgan fingerprint density at radius 3 is 2.52 bits per heavy atom. The van der Waals surface area contributed by atoms with Crippen LogP contribution in [0.5, 0.6) is 0 Å².